The van der Waals surface area contributed by atoms with Crippen molar-refractivity contribution in [2.24, 2.45) is 0 Å². The van der Waals surface area contributed by atoms with Gasteiger partial charge < -0.3 is 0 Å². The molecule has 0 aliphatic rings. The predicted octanol–water partition coefficient (Wildman–Crippen LogP) is -1.57. The fourth-order valence-corrected chi connectivity index (χ4v) is 0. The first kappa shape index (κ1) is 11.2. The Kier molecular flexibility index (Phi) is 13.8. The third-order valence-corrected chi connectivity index (χ3v) is 0.553. The van der Waals surface area contributed by atoms with Crippen LogP contribution in [0.1, 0.15) is 0 Å². The molecule has 6 heteroatoms. The first-order chi connectivity index (χ1) is 2.27. The van der Waals surface area contributed by atoms with Crippen LogP contribution in [-0.4, -0.2) is 17.4 Å². The molecule has 0 saturated heterocycles. The van der Waals surface area contributed by atoms with Crippen LogP contribution < -0.4 is 0 Å². The van der Waals surface area contributed by atoms with E-state index in [9.17, 15) is 0 Å². The van der Waals surface area contributed by atoms with Gasteiger partial charge in [-0.1, -0.05) is 0 Å². The van der Waals surface area contributed by atoms with Crippen LogP contribution >= 0.6 is 0 Å². The summed E-state index contributed by atoms with van der Waals surface area (Å²) in [5.74, 6) is 0. The van der Waals surface area contributed by atoms with Crippen LogP contribution in [0, 0.1) is 38.5 Å². The standard InChI is InChI=1S/BH2O3.Gd.Y/c2-1(3)4;;/h2-3H;;/q-1;+1;. The van der Waals surface area contributed by atoms with E-state index in [-0.39, 0.29) is 32.7 Å². The Labute approximate surface area is 87.9 Å². The third-order valence-electron chi connectivity index (χ3n) is 0.0745. The largest absolute Gasteiger partial charge is 0 e. The van der Waals surface area contributed by atoms with Crippen molar-refractivity contribution in [2.75, 3.05) is 0 Å². The van der Waals surface area contributed by atoms with Crippen molar-refractivity contribution >= 4 is 7.32 Å². The predicted molar refractivity (Wildman–Crippen MR) is 11.3 cm³/mol. The molecule has 0 spiro atoms. The van der Waals surface area contributed by atoms with Crippen LogP contribution in [0.2, 0.25) is 0 Å². The summed E-state index contributed by atoms with van der Waals surface area (Å²) in [4.78, 5) is 0. The van der Waals surface area contributed by atoms with Crippen molar-refractivity contribution in [1.82, 2.24) is 0 Å². The molecule has 34 valence electrons. The smallest absolute Gasteiger partial charge is 0 e. The molecule has 3 nitrogen and oxygen atoms in total. The molecular weight excluding hydrogens is 305 g/mol. The second kappa shape index (κ2) is 7.37. The van der Waals surface area contributed by atoms with Gasteiger partial charge in [-0.25, -0.2) is 0 Å². The molecule has 0 heterocycles. The number of rotatable bonds is 1. The van der Waals surface area contributed by atoms with Crippen molar-refractivity contribution in [1.29, 1.82) is 0 Å². The van der Waals surface area contributed by atoms with E-state index in [1.807, 2.05) is 0 Å². The van der Waals surface area contributed by atoms with Crippen molar-refractivity contribution in [2.45, 2.75) is 0 Å². The van der Waals surface area contributed by atoms with Gasteiger partial charge in [0.05, 0.1) is 0 Å². The van der Waals surface area contributed by atoms with Crippen LogP contribution in [-0.2, 0) is 33.8 Å². The van der Waals surface area contributed by atoms with Gasteiger partial charge in [-0.2, -0.15) is 0 Å². The second-order valence-corrected chi connectivity index (χ2v) is 0.944. The topological polar surface area (TPSA) is 49.7 Å². The molecule has 0 saturated carbocycles. The fourth-order valence-electron chi connectivity index (χ4n) is 0. The maximum absolute atomic E-state index is 7.70. The molecule has 2 N–H and O–H groups in total. The van der Waals surface area contributed by atoms with Gasteiger partial charge in [-0.15, -0.1) is 0 Å². The van der Waals surface area contributed by atoms with E-state index in [0.717, 1.165) is 38.5 Å². The molecule has 0 aromatic carbocycles. The Morgan fingerprint density at radius 1 is 1.50 bits per heavy atom. The Morgan fingerprint density at radius 3 is 1.67 bits per heavy atom. The molecule has 0 fully saturated rings. The Hall–Kier alpha value is 2.37. The van der Waals surface area contributed by atoms with Gasteiger partial charge in [-0.05, 0) is 0 Å². The molecule has 0 rings (SSSR count). The maximum atomic E-state index is 7.70. The van der Waals surface area contributed by atoms with Gasteiger partial charge in [0.15, 0.2) is 0 Å². The van der Waals surface area contributed by atoms with E-state index in [0.29, 0.717) is 0 Å². The summed E-state index contributed by atoms with van der Waals surface area (Å²) in [6.07, 6.45) is 0. The molecule has 1 radical (unpaired) electrons. The minimum Gasteiger partial charge on any atom is 0 e. The van der Waals surface area contributed by atoms with Crippen LogP contribution in [0.3, 0.4) is 0 Å². The third kappa shape index (κ3) is 9.62. The van der Waals surface area contributed by atoms with Crippen LogP contribution in [0.4, 0.5) is 0 Å². The van der Waals surface area contributed by atoms with E-state index in [1.165, 1.54) is 0 Å². The average molecular weight is 307 g/mol. The Morgan fingerprint density at radius 2 is 1.67 bits per heavy atom. The van der Waals surface area contributed by atoms with Gasteiger partial charge in [0.2, 0.25) is 0 Å². The molecule has 0 aromatic rings. The monoisotopic (exact) mass is 308 g/mol. The summed E-state index contributed by atoms with van der Waals surface area (Å²) >= 11 is 1.03. The zero-order chi connectivity index (χ0) is 4.28. The van der Waals surface area contributed by atoms with Crippen molar-refractivity contribution in [3.63, 3.8) is 0 Å². The molecule has 0 unspecified atom stereocenters. The summed E-state index contributed by atoms with van der Waals surface area (Å²) in [6, 6.07) is 0. The maximum Gasteiger partial charge on any atom is 0 e. The van der Waals surface area contributed by atoms with Crippen LogP contribution in [0.25, 0.3) is 0 Å². The van der Waals surface area contributed by atoms with Crippen molar-refractivity contribution in [3.8, 4) is 0 Å². The zero-order valence-electron chi connectivity index (χ0n) is 2.81. The summed E-state index contributed by atoms with van der Waals surface area (Å²) < 4.78 is 3.89. The second-order valence-electron chi connectivity index (χ2n) is 0.410. The van der Waals surface area contributed by atoms with E-state index in [2.05, 4.69) is 1.09 Å². The molecule has 0 aliphatic carbocycles. The van der Waals surface area contributed by atoms with Gasteiger partial charge in [0, 0.05) is 32.7 Å². The summed E-state index contributed by atoms with van der Waals surface area (Å²) in [5, 5.41) is 15.4. The van der Waals surface area contributed by atoms with E-state index < -0.39 is 7.32 Å². The van der Waals surface area contributed by atoms with Crippen molar-refractivity contribution < 1.29 is 82.3 Å². The summed E-state index contributed by atoms with van der Waals surface area (Å²) in [6.45, 7) is 0. The molecule has 0 amide bonds. The Bertz CT molecular complexity index is 24.8. The fraction of sp³-hybridized carbons (Fsp3) is 0. The minimum atomic E-state index is -1.60. The molecular formula is H2BGdO3Y. The normalized spacial score (nSPS) is 6.50. The summed E-state index contributed by atoms with van der Waals surface area (Å²) in [5.41, 5.74) is 0. The van der Waals surface area contributed by atoms with Crippen LogP contribution in [0.15, 0.2) is 0 Å². The SMILES string of the molecule is OB(O)[O][Gd].[Y]. The molecule has 0 atom stereocenters. The molecule has 6 heavy (non-hydrogen) atoms. The molecule has 0 bridgehead atoms. The number of hydrogen-bond donors (Lipinski definition) is 2. The van der Waals surface area contributed by atoms with Crippen LogP contribution in [0.5, 0.6) is 0 Å². The van der Waals surface area contributed by atoms with E-state index in [1.54, 1.807) is 0 Å². The Balaban J connectivity index is 0. The summed E-state index contributed by atoms with van der Waals surface area (Å²) in [7, 11) is -1.60. The van der Waals surface area contributed by atoms with Gasteiger partial charge in [0.25, 0.3) is 0 Å². The van der Waals surface area contributed by atoms with Gasteiger partial charge >= 0.3 is 57.0 Å². The molecule has 0 aliphatic heterocycles. The minimum absolute atomic E-state index is 0. The van der Waals surface area contributed by atoms with E-state index >= 15 is 0 Å². The first-order valence-electron chi connectivity index (χ1n) is 0.896. The molecule has 0 aromatic heterocycles. The first-order valence-corrected chi connectivity index (χ1v) is 1.82. The van der Waals surface area contributed by atoms with E-state index in [4.69, 9.17) is 10.0 Å². The zero-order valence-corrected chi connectivity index (χ0v) is 7.92. The van der Waals surface area contributed by atoms with Crippen molar-refractivity contribution in [3.05, 3.63) is 0 Å². The quantitative estimate of drug-likeness (QED) is 0.576. The van der Waals surface area contributed by atoms with Gasteiger partial charge in [0.1, 0.15) is 0 Å². The number of hydrogen-bond acceptors (Lipinski definition) is 3. The van der Waals surface area contributed by atoms with Gasteiger partial charge in [-0.3, -0.25) is 0 Å². The average Bonchev–Trinajstić information content (AvgIpc) is 1.38.